The summed E-state index contributed by atoms with van der Waals surface area (Å²) >= 11 is 0. The van der Waals surface area contributed by atoms with Crippen LogP contribution in [-0.2, 0) is 27.8 Å². The fraction of sp³-hybridized carbons (Fsp3) is 0.435. The van der Waals surface area contributed by atoms with Crippen molar-refractivity contribution in [3.05, 3.63) is 71.8 Å². The molecule has 0 N–H and O–H groups in total. The van der Waals surface area contributed by atoms with Crippen LogP contribution in [0, 0.1) is 5.92 Å². The second kappa shape index (κ2) is 10.0. The van der Waals surface area contributed by atoms with Gasteiger partial charge in [-0.15, -0.1) is 0 Å². The Kier molecular flexibility index (Phi) is 7.45. The van der Waals surface area contributed by atoms with Crippen molar-refractivity contribution in [3.63, 3.8) is 0 Å². The number of amides is 1. The van der Waals surface area contributed by atoms with Crippen LogP contribution in [0.15, 0.2) is 60.7 Å². The van der Waals surface area contributed by atoms with Crippen LogP contribution in [0.25, 0.3) is 0 Å². The third-order valence-electron chi connectivity index (χ3n) is 5.60. The molecule has 0 aromatic heterocycles. The summed E-state index contributed by atoms with van der Waals surface area (Å²) in [7, 11) is -3.18. The molecular weight excluding hydrogens is 384 g/mol. The fourth-order valence-electron chi connectivity index (χ4n) is 3.80. The Morgan fingerprint density at radius 1 is 0.966 bits per heavy atom. The van der Waals surface area contributed by atoms with Crippen molar-refractivity contribution in [3.8, 4) is 0 Å². The minimum atomic E-state index is -3.18. The van der Waals surface area contributed by atoms with Crippen LogP contribution >= 0.6 is 0 Å². The van der Waals surface area contributed by atoms with Crippen molar-refractivity contribution in [1.82, 2.24) is 9.21 Å². The molecule has 5 nitrogen and oxygen atoms in total. The molecule has 0 aliphatic carbocycles. The van der Waals surface area contributed by atoms with Gasteiger partial charge in [-0.05, 0) is 37.3 Å². The number of benzene rings is 2. The Labute approximate surface area is 174 Å². The minimum absolute atomic E-state index is 0.113. The Hall–Kier alpha value is -2.18. The minimum Gasteiger partial charge on any atom is -0.338 e. The van der Waals surface area contributed by atoms with Crippen LogP contribution in [0.3, 0.4) is 0 Å². The van der Waals surface area contributed by atoms with Crippen molar-refractivity contribution in [2.45, 2.75) is 32.7 Å². The zero-order valence-corrected chi connectivity index (χ0v) is 17.9. The van der Waals surface area contributed by atoms with Crippen molar-refractivity contribution in [2.24, 2.45) is 5.92 Å². The molecular formula is C23H30N2O3S. The van der Waals surface area contributed by atoms with Gasteiger partial charge < -0.3 is 4.90 Å². The molecule has 0 saturated carbocycles. The van der Waals surface area contributed by atoms with E-state index in [0.717, 1.165) is 12.0 Å². The molecule has 1 fully saturated rings. The number of sulfonamides is 1. The molecule has 156 valence electrons. The van der Waals surface area contributed by atoms with Gasteiger partial charge in [-0.25, -0.2) is 12.7 Å². The maximum absolute atomic E-state index is 13.3. The molecule has 29 heavy (non-hydrogen) atoms. The standard InChI is InChI=1S/C23H30N2O3S/c1-2-29(27,28)25-17-14-22(15-18-25)23(26)24(19-21-11-7-4-8-12-21)16-13-20-9-5-3-6-10-20/h3-12,22H,2,13-19H2,1H3. The van der Waals surface area contributed by atoms with Gasteiger partial charge in [-0.1, -0.05) is 60.7 Å². The lowest BCUT2D eigenvalue weighted by atomic mass is 9.96. The zero-order chi connectivity index (χ0) is 20.7. The summed E-state index contributed by atoms with van der Waals surface area (Å²) < 4.78 is 25.7. The number of hydrogen-bond acceptors (Lipinski definition) is 3. The predicted molar refractivity (Wildman–Crippen MR) is 116 cm³/mol. The summed E-state index contributed by atoms with van der Waals surface area (Å²) in [6, 6.07) is 20.2. The fourth-order valence-corrected chi connectivity index (χ4v) is 4.93. The van der Waals surface area contributed by atoms with Gasteiger partial charge in [0, 0.05) is 32.1 Å². The molecule has 0 bridgehead atoms. The normalized spacial score (nSPS) is 15.9. The van der Waals surface area contributed by atoms with E-state index in [1.807, 2.05) is 53.4 Å². The summed E-state index contributed by atoms with van der Waals surface area (Å²) in [5.41, 5.74) is 2.32. The monoisotopic (exact) mass is 414 g/mol. The molecule has 0 atom stereocenters. The quantitative estimate of drug-likeness (QED) is 0.666. The van der Waals surface area contributed by atoms with Crippen molar-refractivity contribution in [2.75, 3.05) is 25.4 Å². The molecule has 1 amide bonds. The molecule has 6 heteroatoms. The van der Waals surface area contributed by atoms with Gasteiger partial charge in [0.15, 0.2) is 0 Å². The highest BCUT2D eigenvalue weighted by Crippen LogP contribution is 2.23. The van der Waals surface area contributed by atoms with E-state index in [-0.39, 0.29) is 17.6 Å². The first-order valence-electron chi connectivity index (χ1n) is 10.3. The second-order valence-electron chi connectivity index (χ2n) is 7.55. The molecule has 2 aromatic carbocycles. The average molecular weight is 415 g/mol. The highest BCUT2D eigenvalue weighted by atomic mass is 32.2. The molecule has 0 spiro atoms. The SMILES string of the molecule is CCS(=O)(=O)N1CCC(C(=O)N(CCc2ccccc2)Cc2ccccc2)CC1. The molecule has 2 aromatic rings. The van der Waals surface area contributed by atoms with Crippen LogP contribution in [0.4, 0.5) is 0 Å². The van der Waals surface area contributed by atoms with E-state index < -0.39 is 10.0 Å². The summed E-state index contributed by atoms with van der Waals surface area (Å²) in [5, 5.41) is 0. The zero-order valence-electron chi connectivity index (χ0n) is 17.0. The smallest absolute Gasteiger partial charge is 0.226 e. The Bertz CT molecular complexity index is 877. The van der Waals surface area contributed by atoms with Crippen LogP contribution in [0.2, 0.25) is 0 Å². The van der Waals surface area contributed by atoms with Gasteiger partial charge >= 0.3 is 0 Å². The largest absolute Gasteiger partial charge is 0.338 e. The number of carbonyl (C=O) groups is 1. The lowest BCUT2D eigenvalue weighted by molar-refractivity contribution is -0.137. The Balaban J connectivity index is 1.67. The third kappa shape index (κ3) is 5.90. The first-order chi connectivity index (χ1) is 14.0. The highest BCUT2D eigenvalue weighted by molar-refractivity contribution is 7.89. The van der Waals surface area contributed by atoms with Gasteiger partial charge in [-0.3, -0.25) is 4.79 Å². The topological polar surface area (TPSA) is 57.7 Å². The Morgan fingerprint density at radius 2 is 1.52 bits per heavy atom. The molecule has 1 saturated heterocycles. The van der Waals surface area contributed by atoms with E-state index in [1.54, 1.807) is 6.92 Å². The number of nitrogens with zero attached hydrogens (tertiary/aromatic N) is 2. The molecule has 3 rings (SSSR count). The molecule has 0 unspecified atom stereocenters. The van der Waals surface area contributed by atoms with Crippen LogP contribution in [0.1, 0.15) is 30.9 Å². The summed E-state index contributed by atoms with van der Waals surface area (Å²) in [4.78, 5) is 15.2. The summed E-state index contributed by atoms with van der Waals surface area (Å²) in [6.45, 7) is 3.78. The maximum Gasteiger partial charge on any atom is 0.226 e. The summed E-state index contributed by atoms with van der Waals surface area (Å²) in [6.07, 6.45) is 1.99. The van der Waals surface area contributed by atoms with Crippen molar-refractivity contribution in [1.29, 1.82) is 0 Å². The van der Waals surface area contributed by atoms with Gasteiger partial charge in [0.1, 0.15) is 0 Å². The van der Waals surface area contributed by atoms with E-state index in [2.05, 4.69) is 12.1 Å². The van der Waals surface area contributed by atoms with E-state index in [9.17, 15) is 13.2 Å². The van der Waals surface area contributed by atoms with Gasteiger partial charge in [-0.2, -0.15) is 0 Å². The first kappa shape index (κ1) is 21.5. The van der Waals surface area contributed by atoms with E-state index in [4.69, 9.17) is 0 Å². The van der Waals surface area contributed by atoms with Crippen LogP contribution in [0.5, 0.6) is 0 Å². The maximum atomic E-state index is 13.3. The summed E-state index contributed by atoms with van der Waals surface area (Å²) in [5.74, 6) is 0.138. The average Bonchev–Trinajstić information content (AvgIpc) is 2.77. The lowest BCUT2D eigenvalue weighted by Gasteiger charge is -2.33. The first-order valence-corrected chi connectivity index (χ1v) is 11.9. The van der Waals surface area contributed by atoms with Gasteiger partial charge in [0.2, 0.25) is 15.9 Å². The van der Waals surface area contributed by atoms with E-state index >= 15 is 0 Å². The van der Waals surface area contributed by atoms with Crippen LogP contribution < -0.4 is 0 Å². The van der Waals surface area contributed by atoms with E-state index in [1.165, 1.54) is 9.87 Å². The second-order valence-corrected chi connectivity index (χ2v) is 9.81. The Morgan fingerprint density at radius 3 is 2.07 bits per heavy atom. The molecule has 0 radical (unpaired) electrons. The van der Waals surface area contributed by atoms with E-state index in [0.29, 0.717) is 39.0 Å². The van der Waals surface area contributed by atoms with Gasteiger partial charge in [0.05, 0.1) is 5.75 Å². The molecule has 1 aliphatic rings. The van der Waals surface area contributed by atoms with Crippen molar-refractivity contribution < 1.29 is 13.2 Å². The number of piperidine rings is 1. The number of carbonyl (C=O) groups excluding carboxylic acids is 1. The number of hydrogen-bond donors (Lipinski definition) is 0. The molecule has 1 aliphatic heterocycles. The third-order valence-corrected chi connectivity index (χ3v) is 7.48. The predicted octanol–water partition coefficient (Wildman–Crippen LogP) is 3.32. The van der Waals surface area contributed by atoms with Crippen molar-refractivity contribution >= 4 is 15.9 Å². The lowest BCUT2D eigenvalue weighted by Crippen LogP contribution is -2.45. The molecule has 1 heterocycles. The van der Waals surface area contributed by atoms with Gasteiger partial charge in [0.25, 0.3) is 0 Å². The number of rotatable bonds is 8. The van der Waals surface area contributed by atoms with Crippen LogP contribution in [-0.4, -0.2) is 48.9 Å². The highest BCUT2D eigenvalue weighted by Gasteiger charge is 2.32.